The van der Waals surface area contributed by atoms with Crippen LogP contribution < -0.4 is 0 Å². The third-order valence-electron chi connectivity index (χ3n) is 6.54. The molecule has 3 aromatic rings. The van der Waals surface area contributed by atoms with Crippen molar-refractivity contribution < 1.29 is 18.7 Å². The number of hydrogen-bond acceptors (Lipinski definition) is 2. The second kappa shape index (κ2) is 9.66. The maximum absolute atomic E-state index is 13.9. The summed E-state index contributed by atoms with van der Waals surface area (Å²) in [6.07, 6.45) is 0.632. The molecule has 1 heterocycles. The number of halogens is 1. The lowest BCUT2D eigenvalue weighted by Gasteiger charge is -2.46. The van der Waals surface area contributed by atoms with Gasteiger partial charge in [-0.25, -0.2) is 9.18 Å². The summed E-state index contributed by atoms with van der Waals surface area (Å²) in [5, 5.41) is 12.0. The number of carboxylic acid groups (broad SMARTS) is 1. The SMILES string of the molecule is CC[C@@H](C(C)(C)C)C(O[Si](C)C)(C(=O)O)c1c(-c2ccc(F)cc2)c2ccccc2n1C(C)C. The summed E-state index contributed by atoms with van der Waals surface area (Å²) in [7, 11) is -1.43. The van der Waals surface area contributed by atoms with Crippen molar-refractivity contribution in [2.24, 2.45) is 11.3 Å². The number of para-hydroxylation sites is 1. The molecule has 0 aliphatic heterocycles. The number of aromatic nitrogens is 1. The zero-order valence-electron chi connectivity index (χ0n) is 21.6. The van der Waals surface area contributed by atoms with Crippen LogP contribution in [-0.2, 0) is 14.8 Å². The average molecular weight is 483 g/mol. The van der Waals surface area contributed by atoms with E-state index in [1.54, 1.807) is 12.1 Å². The van der Waals surface area contributed by atoms with Gasteiger partial charge < -0.3 is 14.1 Å². The number of nitrogens with zero attached hydrogens (tertiary/aromatic N) is 1. The number of carbonyl (C=O) groups is 1. The number of hydrogen-bond donors (Lipinski definition) is 1. The van der Waals surface area contributed by atoms with Gasteiger partial charge in [0.25, 0.3) is 0 Å². The molecule has 1 N–H and O–H groups in total. The first-order valence-corrected chi connectivity index (χ1v) is 14.4. The standard InChI is InChI=1S/C28H37FNO3Si/c1-9-23(27(4,5)6)28(26(31)32,33-34(7)8)25-24(19-14-16-20(29)17-15-19)21-12-10-11-13-22(21)30(25)18(2)3/h10-18,23H,9H2,1-8H3,(H,31,32)/t23-,28?/m0/s1. The molecular weight excluding hydrogens is 445 g/mol. The Kier molecular flexibility index (Phi) is 7.44. The molecule has 6 heteroatoms. The van der Waals surface area contributed by atoms with Crippen molar-refractivity contribution in [3.05, 3.63) is 60.0 Å². The minimum atomic E-state index is -1.57. The molecule has 0 amide bonds. The zero-order chi connectivity index (χ0) is 25.4. The predicted molar refractivity (Wildman–Crippen MR) is 139 cm³/mol. The van der Waals surface area contributed by atoms with Crippen LogP contribution in [0.25, 0.3) is 22.0 Å². The Hall–Kier alpha value is -2.44. The maximum atomic E-state index is 13.9. The van der Waals surface area contributed by atoms with E-state index in [-0.39, 0.29) is 23.2 Å². The minimum Gasteiger partial charge on any atom is -0.479 e. The van der Waals surface area contributed by atoms with Gasteiger partial charge in [-0.15, -0.1) is 0 Å². The number of rotatable bonds is 8. The van der Waals surface area contributed by atoms with Crippen molar-refractivity contribution in [1.29, 1.82) is 0 Å². The van der Waals surface area contributed by atoms with Gasteiger partial charge in [0.1, 0.15) is 5.82 Å². The lowest BCUT2D eigenvalue weighted by Crippen LogP contribution is -2.53. The van der Waals surface area contributed by atoms with E-state index < -0.39 is 20.6 Å². The van der Waals surface area contributed by atoms with Gasteiger partial charge >= 0.3 is 5.97 Å². The molecule has 0 aliphatic carbocycles. The molecule has 0 saturated heterocycles. The average Bonchev–Trinajstić information content (AvgIpc) is 3.08. The van der Waals surface area contributed by atoms with Crippen LogP contribution in [0.4, 0.5) is 4.39 Å². The van der Waals surface area contributed by atoms with Gasteiger partial charge in [0.15, 0.2) is 5.60 Å². The Morgan fingerprint density at radius 1 is 1.09 bits per heavy atom. The normalized spacial score (nSPS) is 15.1. The van der Waals surface area contributed by atoms with E-state index in [0.717, 1.165) is 22.0 Å². The molecule has 4 nitrogen and oxygen atoms in total. The van der Waals surface area contributed by atoms with E-state index in [2.05, 4.69) is 39.2 Å². The van der Waals surface area contributed by atoms with Crippen LogP contribution in [0.1, 0.15) is 59.7 Å². The van der Waals surface area contributed by atoms with E-state index in [9.17, 15) is 14.3 Å². The quantitative estimate of drug-likeness (QED) is 0.336. The smallest absolute Gasteiger partial charge is 0.341 e. The van der Waals surface area contributed by atoms with Crippen LogP contribution in [0.5, 0.6) is 0 Å². The molecule has 0 fully saturated rings. The monoisotopic (exact) mass is 482 g/mol. The van der Waals surface area contributed by atoms with Crippen LogP contribution in [0.15, 0.2) is 48.5 Å². The molecule has 0 bridgehead atoms. The highest BCUT2D eigenvalue weighted by atomic mass is 28.3. The molecule has 0 aliphatic rings. The largest absolute Gasteiger partial charge is 0.479 e. The lowest BCUT2D eigenvalue weighted by molar-refractivity contribution is -0.169. The molecule has 1 unspecified atom stereocenters. The third kappa shape index (κ3) is 4.45. The number of fused-ring (bicyclic) bond motifs is 1. The number of carboxylic acids is 1. The highest BCUT2D eigenvalue weighted by Crippen LogP contribution is 2.52. The molecule has 183 valence electrons. The van der Waals surface area contributed by atoms with E-state index in [0.29, 0.717) is 12.1 Å². The van der Waals surface area contributed by atoms with Crippen LogP contribution in [0, 0.1) is 17.2 Å². The topological polar surface area (TPSA) is 51.5 Å². The summed E-state index contributed by atoms with van der Waals surface area (Å²) in [5.74, 6) is -1.61. The minimum absolute atomic E-state index is 0.0155. The van der Waals surface area contributed by atoms with E-state index >= 15 is 0 Å². The highest BCUT2D eigenvalue weighted by molar-refractivity contribution is 6.48. The van der Waals surface area contributed by atoms with E-state index in [1.165, 1.54) is 12.1 Å². The van der Waals surface area contributed by atoms with Crippen molar-refractivity contribution >= 4 is 25.9 Å². The first-order valence-electron chi connectivity index (χ1n) is 12.0. The molecule has 0 spiro atoms. The van der Waals surface area contributed by atoms with Crippen molar-refractivity contribution in [2.45, 2.75) is 72.7 Å². The van der Waals surface area contributed by atoms with Gasteiger partial charge in [0, 0.05) is 28.4 Å². The third-order valence-corrected chi connectivity index (χ3v) is 7.27. The van der Waals surface area contributed by atoms with Crippen LogP contribution in [0.2, 0.25) is 13.1 Å². The van der Waals surface area contributed by atoms with Crippen LogP contribution in [-0.4, -0.2) is 24.7 Å². The Morgan fingerprint density at radius 2 is 1.68 bits per heavy atom. The Bertz CT molecular complexity index is 1160. The van der Waals surface area contributed by atoms with Gasteiger partial charge in [-0.05, 0) is 62.5 Å². The molecule has 2 atom stereocenters. The van der Waals surface area contributed by atoms with E-state index in [1.807, 2.05) is 44.3 Å². The van der Waals surface area contributed by atoms with Crippen molar-refractivity contribution in [3.8, 4) is 11.1 Å². The maximum Gasteiger partial charge on any atom is 0.341 e. The molecule has 34 heavy (non-hydrogen) atoms. The van der Waals surface area contributed by atoms with Gasteiger partial charge in [-0.2, -0.15) is 0 Å². The summed E-state index contributed by atoms with van der Waals surface area (Å²) in [4.78, 5) is 13.5. The summed E-state index contributed by atoms with van der Waals surface area (Å²) < 4.78 is 22.7. The Morgan fingerprint density at radius 3 is 2.15 bits per heavy atom. The van der Waals surface area contributed by atoms with Gasteiger partial charge in [0.05, 0.1) is 5.69 Å². The van der Waals surface area contributed by atoms with Crippen LogP contribution >= 0.6 is 0 Å². The summed E-state index contributed by atoms with van der Waals surface area (Å²) in [5.41, 5.74) is 1.27. The molecule has 0 saturated carbocycles. The Balaban J connectivity index is 2.63. The van der Waals surface area contributed by atoms with Crippen molar-refractivity contribution in [1.82, 2.24) is 4.57 Å². The summed E-state index contributed by atoms with van der Waals surface area (Å²) in [6.45, 7) is 16.4. The highest BCUT2D eigenvalue weighted by Gasteiger charge is 2.56. The molecule has 2 aromatic carbocycles. The van der Waals surface area contributed by atoms with Gasteiger partial charge in [0.2, 0.25) is 9.04 Å². The fourth-order valence-electron chi connectivity index (χ4n) is 5.48. The van der Waals surface area contributed by atoms with Gasteiger partial charge in [-0.1, -0.05) is 58.0 Å². The molecule has 3 rings (SSSR count). The second-order valence-corrected chi connectivity index (χ2v) is 12.6. The Labute approximate surface area is 204 Å². The lowest BCUT2D eigenvalue weighted by atomic mass is 9.67. The number of benzene rings is 2. The van der Waals surface area contributed by atoms with Crippen LogP contribution in [0.3, 0.4) is 0 Å². The zero-order valence-corrected chi connectivity index (χ0v) is 22.6. The van der Waals surface area contributed by atoms with Gasteiger partial charge in [-0.3, -0.25) is 0 Å². The van der Waals surface area contributed by atoms with Crippen molar-refractivity contribution in [3.63, 3.8) is 0 Å². The fourth-order valence-corrected chi connectivity index (χ4v) is 6.45. The molecular formula is C28H37FNO3Si. The first kappa shape index (κ1) is 26.2. The second-order valence-electron chi connectivity index (χ2n) is 10.6. The molecule has 1 radical (unpaired) electrons. The number of aliphatic carboxylic acids is 1. The predicted octanol–water partition coefficient (Wildman–Crippen LogP) is 7.65. The first-order chi connectivity index (χ1) is 15.9. The van der Waals surface area contributed by atoms with E-state index in [4.69, 9.17) is 4.43 Å². The summed E-state index contributed by atoms with van der Waals surface area (Å²) >= 11 is 0. The summed E-state index contributed by atoms with van der Waals surface area (Å²) in [6, 6.07) is 14.3. The van der Waals surface area contributed by atoms with Crippen molar-refractivity contribution in [2.75, 3.05) is 0 Å². The fraction of sp³-hybridized carbons (Fsp3) is 0.464. The molecule has 1 aromatic heterocycles.